The Labute approximate surface area is 191 Å². The van der Waals surface area contributed by atoms with Crippen LogP contribution in [0.3, 0.4) is 0 Å². The van der Waals surface area contributed by atoms with Crippen LogP contribution >= 0.6 is 11.6 Å². The number of amides is 2. The number of carbonyl (C=O) groups excluding carboxylic acids is 3. The molecule has 2 N–H and O–H groups in total. The number of benzene rings is 3. The highest BCUT2D eigenvalue weighted by molar-refractivity contribution is 6.31. The van der Waals surface area contributed by atoms with Gasteiger partial charge in [-0.2, -0.15) is 0 Å². The largest absolute Gasteiger partial charge is 0.456 e. The van der Waals surface area contributed by atoms with Crippen LogP contribution in [-0.2, 0) is 20.9 Å². The summed E-state index contributed by atoms with van der Waals surface area (Å²) in [5.74, 6) is -1.34. The Kier molecular flexibility index (Phi) is 8.40. The Balaban J connectivity index is 1.54. The predicted molar refractivity (Wildman–Crippen MR) is 122 cm³/mol. The second kappa shape index (κ2) is 11.7. The highest BCUT2D eigenvalue weighted by Crippen LogP contribution is 2.18. The Hall–Kier alpha value is -3.64. The number of carbonyl (C=O) groups is 3. The molecule has 0 radical (unpaired) electrons. The average molecular weight is 451 g/mol. The molecular weight excluding hydrogens is 428 g/mol. The van der Waals surface area contributed by atoms with Gasteiger partial charge in [0.2, 0.25) is 0 Å². The zero-order valence-electron chi connectivity index (χ0n) is 17.3. The van der Waals surface area contributed by atoms with E-state index in [0.717, 1.165) is 11.1 Å². The van der Waals surface area contributed by atoms with Gasteiger partial charge in [0.05, 0.1) is 12.5 Å². The van der Waals surface area contributed by atoms with E-state index in [1.54, 1.807) is 42.5 Å². The van der Waals surface area contributed by atoms with Gasteiger partial charge in [-0.1, -0.05) is 78.3 Å². The van der Waals surface area contributed by atoms with E-state index >= 15 is 0 Å². The van der Waals surface area contributed by atoms with Gasteiger partial charge < -0.3 is 15.4 Å². The Morgan fingerprint density at radius 2 is 1.47 bits per heavy atom. The molecule has 0 aliphatic carbocycles. The summed E-state index contributed by atoms with van der Waals surface area (Å²) < 4.78 is 5.13. The molecule has 1 atom stereocenters. The van der Waals surface area contributed by atoms with Crippen LogP contribution in [0.1, 0.15) is 33.9 Å². The number of esters is 1. The molecule has 0 fully saturated rings. The number of hydrogen-bond acceptors (Lipinski definition) is 4. The average Bonchev–Trinajstić information content (AvgIpc) is 2.83. The predicted octanol–water partition coefficient (Wildman–Crippen LogP) is 4.06. The van der Waals surface area contributed by atoms with Gasteiger partial charge >= 0.3 is 5.97 Å². The van der Waals surface area contributed by atoms with Gasteiger partial charge in [-0.15, -0.1) is 0 Å². The van der Waals surface area contributed by atoms with Gasteiger partial charge in [0.15, 0.2) is 6.61 Å². The molecule has 3 rings (SSSR count). The molecule has 0 aromatic heterocycles. The summed E-state index contributed by atoms with van der Waals surface area (Å²) in [6.07, 6.45) is -0.111. The topological polar surface area (TPSA) is 84.5 Å². The molecule has 3 aromatic rings. The Morgan fingerprint density at radius 3 is 2.16 bits per heavy atom. The second-order valence-corrected chi connectivity index (χ2v) is 7.44. The quantitative estimate of drug-likeness (QED) is 0.481. The minimum Gasteiger partial charge on any atom is -0.456 e. The van der Waals surface area contributed by atoms with E-state index in [4.69, 9.17) is 16.3 Å². The molecule has 0 saturated carbocycles. The van der Waals surface area contributed by atoms with Crippen LogP contribution < -0.4 is 10.6 Å². The molecule has 0 bridgehead atoms. The summed E-state index contributed by atoms with van der Waals surface area (Å²) in [6.45, 7) is -0.187. The van der Waals surface area contributed by atoms with E-state index in [1.807, 2.05) is 42.5 Å². The lowest BCUT2D eigenvalue weighted by Gasteiger charge is -2.19. The number of rotatable bonds is 9. The molecule has 3 aromatic carbocycles. The summed E-state index contributed by atoms with van der Waals surface area (Å²) >= 11 is 6.07. The van der Waals surface area contributed by atoms with E-state index in [1.165, 1.54) is 0 Å². The fraction of sp³-hybridized carbons (Fsp3) is 0.160. The summed E-state index contributed by atoms with van der Waals surface area (Å²) in [5.41, 5.74) is 2.01. The van der Waals surface area contributed by atoms with Gasteiger partial charge in [0, 0.05) is 17.1 Å². The first-order valence-corrected chi connectivity index (χ1v) is 10.5. The normalized spacial score (nSPS) is 11.3. The molecule has 0 spiro atoms. The van der Waals surface area contributed by atoms with E-state index in [-0.39, 0.29) is 18.9 Å². The van der Waals surface area contributed by atoms with Crippen LogP contribution in [0.4, 0.5) is 0 Å². The number of nitrogens with one attached hydrogen (secondary N) is 2. The third kappa shape index (κ3) is 6.96. The minimum atomic E-state index is -0.597. The first-order chi connectivity index (χ1) is 15.5. The van der Waals surface area contributed by atoms with E-state index in [2.05, 4.69) is 10.6 Å². The first-order valence-electron chi connectivity index (χ1n) is 10.1. The first kappa shape index (κ1) is 23.0. The van der Waals surface area contributed by atoms with Gasteiger partial charge in [-0.3, -0.25) is 14.4 Å². The number of ether oxygens (including phenoxy) is 1. The van der Waals surface area contributed by atoms with Crippen molar-refractivity contribution in [2.75, 3.05) is 6.61 Å². The SMILES string of the molecule is O=C(COC(=O)CC(NC(=O)c1ccccc1)c1ccccc1)NCc1ccccc1Cl. The van der Waals surface area contributed by atoms with Crippen molar-refractivity contribution >= 4 is 29.4 Å². The molecule has 1 unspecified atom stereocenters. The van der Waals surface area contributed by atoms with Gasteiger partial charge in [0.25, 0.3) is 11.8 Å². The fourth-order valence-electron chi connectivity index (χ4n) is 3.03. The van der Waals surface area contributed by atoms with Gasteiger partial charge in [0.1, 0.15) is 0 Å². The smallest absolute Gasteiger partial charge is 0.308 e. The Bertz CT molecular complexity index is 1060. The van der Waals surface area contributed by atoms with Crippen LogP contribution in [0, 0.1) is 0 Å². The molecule has 164 valence electrons. The van der Waals surface area contributed by atoms with Crippen molar-refractivity contribution in [1.29, 1.82) is 0 Å². The Morgan fingerprint density at radius 1 is 0.844 bits per heavy atom. The number of hydrogen-bond donors (Lipinski definition) is 2. The maximum Gasteiger partial charge on any atom is 0.308 e. The van der Waals surface area contributed by atoms with Gasteiger partial charge in [-0.25, -0.2) is 0 Å². The molecule has 0 aliphatic heterocycles. The molecule has 0 saturated heterocycles. The van der Waals surface area contributed by atoms with Gasteiger partial charge in [-0.05, 0) is 29.3 Å². The highest BCUT2D eigenvalue weighted by Gasteiger charge is 2.20. The third-order valence-corrected chi connectivity index (χ3v) is 5.08. The van der Waals surface area contributed by atoms with Crippen molar-refractivity contribution in [1.82, 2.24) is 10.6 Å². The minimum absolute atomic E-state index is 0.111. The summed E-state index contributed by atoms with van der Waals surface area (Å²) in [6, 6.07) is 24.4. The van der Waals surface area contributed by atoms with E-state index in [0.29, 0.717) is 10.6 Å². The van der Waals surface area contributed by atoms with Crippen LogP contribution in [0.5, 0.6) is 0 Å². The number of halogens is 1. The zero-order valence-corrected chi connectivity index (χ0v) is 18.0. The zero-order chi connectivity index (χ0) is 22.8. The summed E-state index contributed by atoms with van der Waals surface area (Å²) in [5, 5.41) is 6.08. The van der Waals surface area contributed by atoms with Crippen LogP contribution in [0.25, 0.3) is 0 Å². The van der Waals surface area contributed by atoms with Crippen molar-refractivity contribution in [3.8, 4) is 0 Å². The van der Waals surface area contributed by atoms with Crippen molar-refractivity contribution in [2.45, 2.75) is 19.0 Å². The van der Waals surface area contributed by atoms with Crippen LogP contribution in [0.2, 0.25) is 5.02 Å². The summed E-state index contributed by atoms with van der Waals surface area (Å²) in [7, 11) is 0. The van der Waals surface area contributed by atoms with Crippen LogP contribution in [0.15, 0.2) is 84.9 Å². The maximum atomic E-state index is 12.6. The molecule has 2 amide bonds. The molecule has 0 aliphatic rings. The van der Waals surface area contributed by atoms with Crippen molar-refractivity contribution in [3.05, 3.63) is 107 Å². The third-order valence-electron chi connectivity index (χ3n) is 4.71. The molecule has 6 nitrogen and oxygen atoms in total. The van der Waals surface area contributed by atoms with Crippen molar-refractivity contribution in [2.24, 2.45) is 0 Å². The van der Waals surface area contributed by atoms with Crippen molar-refractivity contribution in [3.63, 3.8) is 0 Å². The highest BCUT2D eigenvalue weighted by atomic mass is 35.5. The lowest BCUT2D eigenvalue weighted by Crippen LogP contribution is -2.32. The second-order valence-electron chi connectivity index (χ2n) is 7.04. The maximum absolute atomic E-state index is 12.6. The van der Waals surface area contributed by atoms with Crippen molar-refractivity contribution < 1.29 is 19.1 Å². The van der Waals surface area contributed by atoms with Crippen LogP contribution in [-0.4, -0.2) is 24.4 Å². The monoisotopic (exact) mass is 450 g/mol. The molecular formula is C25H23ClN2O4. The molecule has 32 heavy (non-hydrogen) atoms. The standard InChI is InChI=1S/C25H23ClN2O4/c26-21-14-8-7-13-20(21)16-27-23(29)17-32-24(30)15-22(18-9-3-1-4-10-18)28-25(31)19-11-5-2-6-12-19/h1-14,22H,15-17H2,(H,27,29)(H,28,31). The van der Waals surface area contributed by atoms with E-state index < -0.39 is 24.5 Å². The summed E-state index contributed by atoms with van der Waals surface area (Å²) in [4.78, 5) is 37.0. The molecule has 0 heterocycles. The lowest BCUT2D eigenvalue weighted by atomic mass is 10.0. The lowest BCUT2D eigenvalue weighted by molar-refractivity contribution is -0.149. The molecule has 7 heteroatoms. The van der Waals surface area contributed by atoms with E-state index in [9.17, 15) is 14.4 Å². The fourth-order valence-corrected chi connectivity index (χ4v) is 3.23.